The minimum absolute atomic E-state index is 0.191. The number of nitrogens with one attached hydrogen (secondary N) is 1. The molecule has 0 saturated carbocycles. The molecule has 2 atom stereocenters. The van der Waals surface area contributed by atoms with Crippen LogP contribution >= 0.6 is 0 Å². The zero-order valence-electron chi connectivity index (χ0n) is 11.3. The van der Waals surface area contributed by atoms with Crippen molar-refractivity contribution in [1.82, 2.24) is 5.32 Å². The predicted octanol–water partition coefficient (Wildman–Crippen LogP) is 1.74. The highest BCUT2D eigenvalue weighted by Crippen LogP contribution is 2.24. The molecular weight excluding hydrogens is 230 g/mol. The minimum atomic E-state index is -0.410. The van der Waals surface area contributed by atoms with E-state index in [9.17, 15) is 5.11 Å². The van der Waals surface area contributed by atoms with Crippen LogP contribution in [-0.2, 0) is 4.74 Å². The van der Waals surface area contributed by atoms with Gasteiger partial charge in [-0.05, 0) is 26.0 Å². The van der Waals surface area contributed by atoms with Crippen molar-refractivity contribution in [2.45, 2.75) is 25.5 Å². The molecule has 2 N–H and O–H groups in total. The topological polar surface area (TPSA) is 50.7 Å². The third kappa shape index (κ3) is 4.64. The lowest BCUT2D eigenvalue weighted by Gasteiger charge is -2.18. The summed E-state index contributed by atoms with van der Waals surface area (Å²) in [4.78, 5) is 0. The molecule has 0 spiro atoms. The monoisotopic (exact) mass is 253 g/mol. The second-order valence-electron chi connectivity index (χ2n) is 4.32. The summed E-state index contributed by atoms with van der Waals surface area (Å²) in [5.74, 6) is 0.884. The molecular formula is C14H23NO3. The van der Waals surface area contributed by atoms with Crippen molar-refractivity contribution in [1.29, 1.82) is 0 Å². The second-order valence-corrected chi connectivity index (χ2v) is 4.32. The quantitative estimate of drug-likeness (QED) is 0.741. The Bertz CT molecular complexity index is 344. The largest absolute Gasteiger partial charge is 0.496 e. The first-order valence-electron chi connectivity index (χ1n) is 6.22. The number of aliphatic hydroxyl groups is 1. The van der Waals surface area contributed by atoms with Gasteiger partial charge in [0.25, 0.3) is 0 Å². The summed E-state index contributed by atoms with van der Waals surface area (Å²) in [6.45, 7) is 3.20. The van der Waals surface area contributed by atoms with E-state index in [0.717, 1.165) is 17.9 Å². The maximum absolute atomic E-state index is 9.54. The smallest absolute Gasteiger partial charge is 0.123 e. The molecule has 0 aliphatic rings. The van der Waals surface area contributed by atoms with Gasteiger partial charge in [-0.25, -0.2) is 0 Å². The maximum atomic E-state index is 9.54. The van der Waals surface area contributed by atoms with Crippen LogP contribution in [0.2, 0.25) is 0 Å². The number of aliphatic hydroxyl groups excluding tert-OH is 1. The van der Waals surface area contributed by atoms with E-state index in [2.05, 4.69) is 12.2 Å². The Labute approximate surface area is 109 Å². The van der Waals surface area contributed by atoms with Crippen molar-refractivity contribution in [2.24, 2.45) is 0 Å². The molecule has 1 aromatic rings. The molecule has 18 heavy (non-hydrogen) atoms. The fourth-order valence-electron chi connectivity index (χ4n) is 1.88. The lowest BCUT2D eigenvalue weighted by Crippen LogP contribution is -2.25. The van der Waals surface area contributed by atoms with E-state index in [4.69, 9.17) is 9.47 Å². The molecule has 2 unspecified atom stereocenters. The van der Waals surface area contributed by atoms with Crippen molar-refractivity contribution < 1.29 is 14.6 Å². The molecule has 1 aromatic carbocycles. The van der Waals surface area contributed by atoms with Gasteiger partial charge in [0.15, 0.2) is 0 Å². The molecule has 4 nitrogen and oxygen atoms in total. The van der Waals surface area contributed by atoms with E-state index >= 15 is 0 Å². The van der Waals surface area contributed by atoms with Gasteiger partial charge in [-0.15, -0.1) is 0 Å². The minimum Gasteiger partial charge on any atom is -0.496 e. The molecule has 0 fully saturated rings. The van der Waals surface area contributed by atoms with Gasteiger partial charge >= 0.3 is 0 Å². The van der Waals surface area contributed by atoms with Crippen LogP contribution in [0.5, 0.6) is 5.75 Å². The first kappa shape index (κ1) is 15.0. The molecule has 0 bridgehead atoms. The van der Waals surface area contributed by atoms with E-state index in [1.807, 2.05) is 24.3 Å². The van der Waals surface area contributed by atoms with E-state index in [-0.39, 0.29) is 6.04 Å². The lowest BCUT2D eigenvalue weighted by molar-refractivity contribution is 0.0590. The zero-order chi connectivity index (χ0) is 13.4. The third-order valence-corrected chi connectivity index (χ3v) is 2.89. The van der Waals surface area contributed by atoms with Gasteiger partial charge in [0.2, 0.25) is 0 Å². The molecule has 1 rings (SSSR count). The fraction of sp³-hybridized carbons (Fsp3) is 0.571. The first-order valence-corrected chi connectivity index (χ1v) is 6.22. The average molecular weight is 253 g/mol. The highest BCUT2D eigenvalue weighted by molar-refractivity contribution is 5.35. The molecule has 0 radical (unpaired) electrons. The zero-order valence-corrected chi connectivity index (χ0v) is 11.3. The number of benzene rings is 1. The normalized spacial score (nSPS) is 14.2. The Morgan fingerprint density at radius 2 is 2.00 bits per heavy atom. The Hall–Kier alpha value is -1.10. The number of ether oxygens (including phenoxy) is 2. The van der Waals surface area contributed by atoms with E-state index in [1.54, 1.807) is 14.2 Å². The summed E-state index contributed by atoms with van der Waals surface area (Å²) in [6, 6.07) is 8.14. The van der Waals surface area contributed by atoms with Gasteiger partial charge in [-0.3, -0.25) is 0 Å². The maximum Gasteiger partial charge on any atom is 0.123 e. The van der Waals surface area contributed by atoms with Gasteiger partial charge in [0.05, 0.1) is 19.8 Å². The molecule has 0 aliphatic carbocycles. The number of para-hydroxylation sites is 1. The van der Waals surface area contributed by atoms with Crippen LogP contribution in [0.15, 0.2) is 24.3 Å². The van der Waals surface area contributed by atoms with Crippen molar-refractivity contribution >= 4 is 0 Å². The van der Waals surface area contributed by atoms with Crippen LogP contribution in [0.3, 0.4) is 0 Å². The molecule has 0 heterocycles. The van der Waals surface area contributed by atoms with Crippen molar-refractivity contribution in [2.75, 3.05) is 27.4 Å². The van der Waals surface area contributed by atoms with Crippen molar-refractivity contribution in [3.05, 3.63) is 29.8 Å². The van der Waals surface area contributed by atoms with Gasteiger partial charge < -0.3 is 19.9 Å². The van der Waals surface area contributed by atoms with Crippen LogP contribution in [0.1, 0.15) is 24.9 Å². The summed E-state index contributed by atoms with van der Waals surface area (Å²) < 4.78 is 10.2. The molecule has 0 saturated heterocycles. The van der Waals surface area contributed by atoms with E-state index in [1.165, 1.54) is 0 Å². The molecule has 0 amide bonds. The SMILES string of the molecule is COCC(O)CCNC(C)c1ccccc1OC. The summed E-state index contributed by atoms with van der Waals surface area (Å²) in [5.41, 5.74) is 1.13. The van der Waals surface area contributed by atoms with Crippen molar-refractivity contribution in [3.8, 4) is 5.75 Å². The van der Waals surface area contributed by atoms with Gasteiger partial charge in [-0.1, -0.05) is 18.2 Å². The molecule has 0 aromatic heterocycles. The van der Waals surface area contributed by atoms with E-state index < -0.39 is 6.10 Å². The summed E-state index contributed by atoms with van der Waals surface area (Å²) in [6.07, 6.45) is 0.264. The highest BCUT2D eigenvalue weighted by Gasteiger charge is 2.10. The van der Waals surface area contributed by atoms with Crippen molar-refractivity contribution in [3.63, 3.8) is 0 Å². The Morgan fingerprint density at radius 3 is 2.67 bits per heavy atom. The fourth-order valence-corrected chi connectivity index (χ4v) is 1.88. The highest BCUT2D eigenvalue weighted by atomic mass is 16.5. The average Bonchev–Trinajstić information content (AvgIpc) is 2.38. The second kappa shape index (κ2) is 8.08. The molecule has 4 heteroatoms. The van der Waals surface area contributed by atoms with Crippen LogP contribution in [0.25, 0.3) is 0 Å². The van der Waals surface area contributed by atoms with E-state index in [0.29, 0.717) is 13.0 Å². The predicted molar refractivity (Wildman–Crippen MR) is 71.9 cm³/mol. The Balaban J connectivity index is 2.42. The van der Waals surface area contributed by atoms with Crippen LogP contribution < -0.4 is 10.1 Å². The summed E-state index contributed by atoms with van der Waals surface area (Å²) >= 11 is 0. The summed E-state index contributed by atoms with van der Waals surface area (Å²) in [7, 11) is 3.27. The van der Waals surface area contributed by atoms with Gasteiger partial charge in [-0.2, -0.15) is 0 Å². The Morgan fingerprint density at radius 1 is 1.28 bits per heavy atom. The lowest BCUT2D eigenvalue weighted by atomic mass is 10.1. The third-order valence-electron chi connectivity index (χ3n) is 2.89. The van der Waals surface area contributed by atoms with Crippen LogP contribution in [0.4, 0.5) is 0 Å². The number of hydrogen-bond acceptors (Lipinski definition) is 4. The van der Waals surface area contributed by atoms with Gasteiger partial charge in [0, 0.05) is 18.7 Å². The molecule has 102 valence electrons. The number of rotatable bonds is 8. The molecule has 0 aliphatic heterocycles. The van der Waals surface area contributed by atoms with Gasteiger partial charge in [0.1, 0.15) is 5.75 Å². The number of hydrogen-bond donors (Lipinski definition) is 2. The Kier molecular flexibility index (Phi) is 6.72. The first-order chi connectivity index (χ1) is 8.69. The number of methoxy groups -OCH3 is 2. The van der Waals surface area contributed by atoms with Crippen LogP contribution in [-0.4, -0.2) is 38.6 Å². The standard InChI is InChI=1S/C14H23NO3/c1-11(15-9-8-12(16)10-17-2)13-6-4-5-7-14(13)18-3/h4-7,11-12,15-16H,8-10H2,1-3H3. The summed E-state index contributed by atoms with van der Waals surface area (Å²) in [5, 5.41) is 12.9. The van der Waals surface area contributed by atoms with Crippen LogP contribution in [0, 0.1) is 0 Å².